The summed E-state index contributed by atoms with van der Waals surface area (Å²) in [5.41, 5.74) is 8.68. The molecule has 8 rings (SSSR count). The highest BCUT2D eigenvalue weighted by Crippen LogP contribution is 2.42. The second-order valence-corrected chi connectivity index (χ2v) is 10.2. The van der Waals surface area contributed by atoms with Gasteiger partial charge in [-0.05, 0) is 40.1 Å². The van der Waals surface area contributed by atoms with Crippen LogP contribution in [0.15, 0.2) is 150 Å². The minimum absolute atomic E-state index is 0.641. The summed E-state index contributed by atoms with van der Waals surface area (Å²) in [6.07, 6.45) is 0. The third kappa shape index (κ3) is 3.98. The average Bonchev–Trinajstić information content (AvgIpc) is 3.44. The van der Waals surface area contributed by atoms with E-state index in [9.17, 15) is 0 Å². The monoisotopic (exact) mass is 524 g/mol. The lowest BCUT2D eigenvalue weighted by atomic mass is 9.95. The molecule has 8 aromatic rings. The smallest absolute Gasteiger partial charge is 0.164 e. The van der Waals surface area contributed by atoms with Crippen molar-refractivity contribution in [2.75, 3.05) is 0 Å². The van der Waals surface area contributed by atoms with Crippen LogP contribution in [-0.2, 0) is 0 Å². The lowest BCUT2D eigenvalue weighted by molar-refractivity contribution is 0.670. The van der Waals surface area contributed by atoms with E-state index in [1.54, 1.807) is 0 Å². The molecule has 192 valence electrons. The Kier molecular flexibility index (Phi) is 5.46. The third-order valence-corrected chi connectivity index (χ3v) is 7.70. The normalized spacial score (nSPS) is 11.4. The van der Waals surface area contributed by atoms with Crippen molar-refractivity contribution in [3.63, 3.8) is 0 Å². The van der Waals surface area contributed by atoms with Gasteiger partial charge in [-0.3, -0.25) is 0 Å². The third-order valence-electron chi connectivity index (χ3n) is 7.70. The fourth-order valence-electron chi connectivity index (χ4n) is 5.78. The number of para-hydroxylation sites is 1. The van der Waals surface area contributed by atoms with Gasteiger partial charge in [-0.15, -0.1) is 0 Å². The summed E-state index contributed by atoms with van der Waals surface area (Å²) in [6, 6.07) is 50.1. The van der Waals surface area contributed by atoms with Gasteiger partial charge in [-0.25, -0.2) is 9.97 Å². The Hall–Kier alpha value is -5.54. The number of fused-ring (bicyclic) bond motifs is 5. The molecule has 0 aliphatic heterocycles. The van der Waals surface area contributed by atoms with Crippen molar-refractivity contribution in [1.82, 2.24) is 9.97 Å². The maximum atomic E-state index is 6.72. The summed E-state index contributed by atoms with van der Waals surface area (Å²) in [5.74, 6) is 0.641. The summed E-state index contributed by atoms with van der Waals surface area (Å²) in [4.78, 5) is 10.2. The quantitative estimate of drug-likeness (QED) is 0.230. The second-order valence-electron chi connectivity index (χ2n) is 10.2. The lowest BCUT2D eigenvalue weighted by Gasteiger charge is -2.09. The molecule has 2 aromatic heterocycles. The van der Waals surface area contributed by atoms with E-state index >= 15 is 0 Å². The molecular weight excluding hydrogens is 500 g/mol. The van der Waals surface area contributed by atoms with E-state index in [1.807, 2.05) is 42.5 Å². The molecule has 0 aliphatic carbocycles. The fourth-order valence-corrected chi connectivity index (χ4v) is 5.78. The van der Waals surface area contributed by atoms with Crippen LogP contribution in [0, 0.1) is 0 Å². The van der Waals surface area contributed by atoms with Gasteiger partial charge in [0.2, 0.25) is 0 Å². The van der Waals surface area contributed by atoms with Crippen LogP contribution in [0.1, 0.15) is 0 Å². The van der Waals surface area contributed by atoms with E-state index in [1.165, 1.54) is 10.8 Å². The van der Waals surface area contributed by atoms with Crippen LogP contribution in [0.5, 0.6) is 0 Å². The standard InChI is InChI=1S/C38H24N2O/c1-4-13-25(14-5-1)32-23-35-36(29-20-11-10-19-28(29)32)30-21-12-22-31(37(30)41-35)38-39-33(26-15-6-2-7-16-26)24-34(40-38)27-17-8-3-9-18-27/h1-24H. The number of furan rings is 1. The Labute approximate surface area is 237 Å². The molecule has 0 N–H and O–H groups in total. The molecule has 0 saturated heterocycles. The predicted octanol–water partition coefficient (Wildman–Crippen LogP) is 10.2. The highest BCUT2D eigenvalue weighted by Gasteiger charge is 2.19. The van der Waals surface area contributed by atoms with Crippen molar-refractivity contribution in [2.45, 2.75) is 0 Å². The van der Waals surface area contributed by atoms with E-state index < -0.39 is 0 Å². The van der Waals surface area contributed by atoms with Gasteiger partial charge < -0.3 is 4.42 Å². The van der Waals surface area contributed by atoms with E-state index in [0.717, 1.165) is 61.1 Å². The number of nitrogens with zero attached hydrogens (tertiary/aromatic N) is 2. The summed E-state index contributed by atoms with van der Waals surface area (Å²) >= 11 is 0. The molecule has 0 radical (unpaired) electrons. The minimum atomic E-state index is 0.641. The number of rotatable bonds is 4. The fraction of sp³-hybridized carbons (Fsp3) is 0. The summed E-state index contributed by atoms with van der Waals surface area (Å²) in [7, 11) is 0. The molecular formula is C38H24N2O. The first-order valence-corrected chi connectivity index (χ1v) is 13.8. The van der Waals surface area contributed by atoms with E-state index in [0.29, 0.717) is 5.82 Å². The molecule has 0 saturated carbocycles. The first-order valence-electron chi connectivity index (χ1n) is 13.8. The maximum Gasteiger partial charge on any atom is 0.164 e. The molecule has 0 unspecified atom stereocenters. The Balaban J connectivity index is 1.41. The molecule has 3 nitrogen and oxygen atoms in total. The average molecular weight is 525 g/mol. The number of aromatic nitrogens is 2. The topological polar surface area (TPSA) is 38.9 Å². The molecule has 6 aromatic carbocycles. The number of hydrogen-bond donors (Lipinski definition) is 0. The second kappa shape index (κ2) is 9.58. The highest BCUT2D eigenvalue weighted by molar-refractivity contribution is 6.23. The SMILES string of the molecule is c1ccc(-c2cc(-c3ccccc3)nc(-c3cccc4c3oc3cc(-c5ccccc5)c5ccccc5c34)n2)cc1. The van der Waals surface area contributed by atoms with Crippen LogP contribution in [0.2, 0.25) is 0 Å². The summed E-state index contributed by atoms with van der Waals surface area (Å²) in [5, 5.41) is 4.54. The predicted molar refractivity (Wildman–Crippen MR) is 169 cm³/mol. The van der Waals surface area contributed by atoms with E-state index in [-0.39, 0.29) is 0 Å². The zero-order valence-electron chi connectivity index (χ0n) is 22.2. The Bertz CT molecular complexity index is 2130. The molecule has 0 fully saturated rings. The van der Waals surface area contributed by atoms with Crippen LogP contribution in [-0.4, -0.2) is 9.97 Å². The van der Waals surface area contributed by atoms with Gasteiger partial charge in [0.25, 0.3) is 0 Å². The zero-order chi connectivity index (χ0) is 27.2. The van der Waals surface area contributed by atoms with Gasteiger partial charge in [0.1, 0.15) is 11.2 Å². The van der Waals surface area contributed by atoms with Gasteiger partial charge in [0.15, 0.2) is 5.82 Å². The molecule has 0 atom stereocenters. The molecule has 41 heavy (non-hydrogen) atoms. The van der Waals surface area contributed by atoms with Crippen LogP contribution in [0.3, 0.4) is 0 Å². The van der Waals surface area contributed by atoms with Crippen LogP contribution < -0.4 is 0 Å². The highest BCUT2D eigenvalue weighted by atomic mass is 16.3. The van der Waals surface area contributed by atoms with Crippen molar-refractivity contribution >= 4 is 32.7 Å². The van der Waals surface area contributed by atoms with Gasteiger partial charge in [0, 0.05) is 21.9 Å². The van der Waals surface area contributed by atoms with Crippen molar-refractivity contribution in [3.05, 3.63) is 146 Å². The first-order chi connectivity index (χ1) is 20.3. The largest absolute Gasteiger partial charge is 0.455 e. The Morgan fingerprint density at radius 2 is 0.951 bits per heavy atom. The maximum absolute atomic E-state index is 6.72. The van der Waals surface area contributed by atoms with E-state index in [4.69, 9.17) is 14.4 Å². The van der Waals surface area contributed by atoms with Crippen LogP contribution in [0.4, 0.5) is 0 Å². The van der Waals surface area contributed by atoms with Gasteiger partial charge in [-0.1, -0.05) is 127 Å². The van der Waals surface area contributed by atoms with Gasteiger partial charge in [-0.2, -0.15) is 0 Å². The molecule has 2 heterocycles. The van der Waals surface area contributed by atoms with Gasteiger partial charge in [0.05, 0.1) is 17.0 Å². The van der Waals surface area contributed by atoms with E-state index in [2.05, 4.69) is 103 Å². The van der Waals surface area contributed by atoms with Crippen molar-refractivity contribution in [2.24, 2.45) is 0 Å². The lowest BCUT2D eigenvalue weighted by Crippen LogP contribution is -1.96. The number of benzene rings is 6. The van der Waals surface area contributed by atoms with Crippen molar-refractivity contribution < 1.29 is 4.42 Å². The Morgan fingerprint density at radius 1 is 0.415 bits per heavy atom. The number of hydrogen-bond acceptors (Lipinski definition) is 3. The molecule has 0 amide bonds. The van der Waals surface area contributed by atoms with Crippen molar-refractivity contribution in [3.8, 4) is 45.0 Å². The zero-order valence-corrected chi connectivity index (χ0v) is 22.2. The molecule has 0 spiro atoms. The first kappa shape index (κ1) is 23.4. The molecule has 0 bridgehead atoms. The summed E-state index contributed by atoms with van der Waals surface area (Å²) in [6.45, 7) is 0. The summed E-state index contributed by atoms with van der Waals surface area (Å²) < 4.78 is 6.72. The van der Waals surface area contributed by atoms with Crippen LogP contribution in [0.25, 0.3) is 77.7 Å². The van der Waals surface area contributed by atoms with Gasteiger partial charge >= 0.3 is 0 Å². The molecule has 0 aliphatic rings. The van der Waals surface area contributed by atoms with Crippen molar-refractivity contribution in [1.29, 1.82) is 0 Å². The molecule has 3 heteroatoms. The van der Waals surface area contributed by atoms with Crippen LogP contribution >= 0.6 is 0 Å². The minimum Gasteiger partial charge on any atom is -0.455 e. The Morgan fingerprint density at radius 3 is 1.59 bits per heavy atom.